The largest absolute Gasteiger partial charge is 0.505 e. The van der Waals surface area contributed by atoms with E-state index in [0.29, 0.717) is 22.3 Å². The molecule has 2 aromatic carbocycles. The molecule has 0 fully saturated rings. The number of carbonyl (C=O) groups excluding carboxylic acids is 1. The number of benzene rings is 2. The molecule has 3 rings (SSSR count). The number of aromatic hydroxyl groups is 1. The van der Waals surface area contributed by atoms with Crippen molar-refractivity contribution in [1.82, 2.24) is 4.98 Å². The number of anilines is 1. The summed E-state index contributed by atoms with van der Waals surface area (Å²) in [7, 11) is 0. The molecule has 0 bridgehead atoms. The molecular weight excluding hydrogens is 354 g/mol. The molecule has 0 saturated carbocycles. The van der Waals surface area contributed by atoms with Gasteiger partial charge in [0.1, 0.15) is 5.82 Å². The van der Waals surface area contributed by atoms with Crippen molar-refractivity contribution in [1.29, 1.82) is 0 Å². The van der Waals surface area contributed by atoms with E-state index in [2.05, 4.69) is 10.3 Å². The second-order valence-electron chi connectivity index (χ2n) is 5.22. The van der Waals surface area contributed by atoms with Crippen LogP contribution in [0.1, 0.15) is 16.1 Å². The van der Waals surface area contributed by atoms with Gasteiger partial charge in [0.2, 0.25) is 0 Å². The first-order valence-electron chi connectivity index (χ1n) is 6.91. The van der Waals surface area contributed by atoms with Crippen LogP contribution in [0.3, 0.4) is 0 Å². The van der Waals surface area contributed by atoms with Crippen LogP contribution in [-0.2, 0) is 0 Å². The van der Waals surface area contributed by atoms with Crippen LogP contribution < -0.4 is 5.32 Å². The number of aryl methyl sites for hydroxylation is 1. The number of carbonyl (C=O) groups is 1. The van der Waals surface area contributed by atoms with Gasteiger partial charge in [-0.3, -0.25) is 9.78 Å². The molecule has 4 nitrogen and oxygen atoms in total. The molecule has 122 valence electrons. The highest BCUT2D eigenvalue weighted by atomic mass is 35.5. The summed E-state index contributed by atoms with van der Waals surface area (Å²) in [4.78, 5) is 16.9. The topological polar surface area (TPSA) is 62.2 Å². The lowest BCUT2D eigenvalue weighted by molar-refractivity contribution is 0.102. The van der Waals surface area contributed by atoms with Crippen molar-refractivity contribution < 1.29 is 14.3 Å². The predicted molar refractivity (Wildman–Crippen MR) is 92.5 cm³/mol. The lowest BCUT2D eigenvalue weighted by Gasteiger charge is -2.10. The van der Waals surface area contributed by atoms with Gasteiger partial charge in [-0.2, -0.15) is 0 Å². The Morgan fingerprint density at radius 1 is 1.17 bits per heavy atom. The Hall–Kier alpha value is -2.37. The summed E-state index contributed by atoms with van der Waals surface area (Å²) in [5, 5.41) is 12.6. The van der Waals surface area contributed by atoms with E-state index >= 15 is 0 Å². The van der Waals surface area contributed by atoms with Gasteiger partial charge < -0.3 is 10.4 Å². The molecular formula is C17H11Cl2FN2O2. The third-order valence-electron chi connectivity index (χ3n) is 3.42. The Kier molecular flexibility index (Phi) is 4.30. The molecule has 0 aliphatic carbocycles. The highest BCUT2D eigenvalue weighted by Gasteiger charge is 2.15. The van der Waals surface area contributed by atoms with Gasteiger partial charge >= 0.3 is 0 Å². The van der Waals surface area contributed by atoms with Crippen molar-refractivity contribution in [3.8, 4) is 5.75 Å². The third kappa shape index (κ3) is 3.13. The monoisotopic (exact) mass is 364 g/mol. The minimum absolute atomic E-state index is 0.0135. The molecule has 1 heterocycles. The number of rotatable bonds is 2. The number of hydrogen-bond acceptors (Lipinski definition) is 3. The predicted octanol–water partition coefficient (Wildman–Crippen LogP) is 4.95. The standard InChI is InChI=1S/C17H11Cl2FN2O2/c1-8-4-12(11-5-9(20)2-3-15(11)21-8)17(24)22-10-6-13(18)16(23)14(19)7-10/h2-7,23H,1H3,(H,22,24). The zero-order chi connectivity index (χ0) is 17.4. The summed E-state index contributed by atoms with van der Waals surface area (Å²) in [5.74, 6) is -1.18. The molecule has 7 heteroatoms. The maximum Gasteiger partial charge on any atom is 0.256 e. The van der Waals surface area contributed by atoms with Gasteiger partial charge in [0.25, 0.3) is 5.91 Å². The molecule has 24 heavy (non-hydrogen) atoms. The minimum atomic E-state index is -0.464. The SMILES string of the molecule is Cc1cc(C(=O)Nc2cc(Cl)c(O)c(Cl)c2)c2cc(F)ccc2n1. The fourth-order valence-electron chi connectivity index (χ4n) is 2.35. The Labute approximate surface area is 146 Å². The van der Waals surface area contributed by atoms with Gasteiger partial charge in [-0.25, -0.2) is 4.39 Å². The number of hydrogen-bond donors (Lipinski definition) is 2. The average molecular weight is 365 g/mol. The maximum atomic E-state index is 13.5. The van der Waals surface area contributed by atoms with Crippen LogP contribution in [-0.4, -0.2) is 16.0 Å². The van der Waals surface area contributed by atoms with E-state index in [9.17, 15) is 14.3 Å². The minimum Gasteiger partial charge on any atom is -0.505 e. The van der Waals surface area contributed by atoms with E-state index < -0.39 is 11.7 Å². The number of nitrogens with one attached hydrogen (secondary N) is 1. The number of nitrogens with zero attached hydrogens (tertiary/aromatic N) is 1. The smallest absolute Gasteiger partial charge is 0.256 e. The van der Waals surface area contributed by atoms with Gasteiger partial charge in [-0.15, -0.1) is 0 Å². The molecule has 0 saturated heterocycles. The van der Waals surface area contributed by atoms with Crippen LogP contribution >= 0.6 is 23.2 Å². The van der Waals surface area contributed by atoms with Gasteiger partial charge in [0.15, 0.2) is 5.75 Å². The van der Waals surface area contributed by atoms with Crippen molar-refractivity contribution in [3.05, 3.63) is 63.5 Å². The molecule has 0 radical (unpaired) electrons. The van der Waals surface area contributed by atoms with E-state index in [4.69, 9.17) is 23.2 Å². The summed E-state index contributed by atoms with van der Waals surface area (Å²) < 4.78 is 13.5. The number of aromatic nitrogens is 1. The summed E-state index contributed by atoms with van der Waals surface area (Å²) >= 11 is 11.7. The lowest BCUT2D eigenvalue weighted by Crippen LogP contribution is -2.13. The molecule has 0 aliphatic heterocycles. The molecule has 0 atom stereocenters. The van der Waals surface area contributed by atoms with Crippen molar-refractivity contribution in [3.63, 3.8) is 0 Å². The number of halogens is 3. The second kappa shape index (κ2) is 6.26. The van der Waals surface area contributed by atoms with Crippen LogP contribution in [0.15, 0.2) is 36.4 Å². The van der Waals surface area contributed by atoms with E-state index in [1.165, 1.54) is 30.3 Å². The van der Waals surface area contributed by atoms with E-state index in [-0.39, 0.29) is 21.4 Å². The van der Waals surface area contributed by atoms with Gasteiger partial charge in [0, 0.05) is 16.8 Å². The van der Waals surface area contributed by atoms with Crippen LogP contribution in [0.4, 0.5) is 10.1 Å². The zero-order valence-corrected chi connectivity index (χ0v) is 13.9. The normalized spacial score (nSPS) is 10.8. The van der Waals surface area contributed by atoms with Crippen LogP contribution in [0, 0.1) is 12.7 Å². The Bertz CT molecular complexity index is 953. The van der Waals surface area contributed by atoms with Crippen molar-refractivity contribution in [2.75, 3.05) is 5.32 Å². The first-order chi connectivity index (χ1) is 11.3. The highest BCUT2D eigenvalue weighted by Crippen LogP contribution is 2.35. The third-order valence-corrected chi connectivity index (χ3v) is 3.99. The van der Waals surface area contributed by atoms with Crippen LogP contribution in [0.5, 0.6) is 5.75 Å². The number of amides is 1. The molecule has 0 unspecified atom stereocenters. The van der Waals surface area contributed by atoms with Crippen molar-refractivity contribution in [2.24, 2.45) is 0 Å². The Morgan fingerprint density at radius 3 is 2.50 bits per heavy atom. The number of phenols is 1. The van der Waals surface area contributed by atoms with Crippen molar-refractivity contribution in [2.45, 2.75) is 6.92 Å². The quantitative estimate of drug-likeness (QED) is 0.632. The van der Waals surface area contributed by atoms with Crippen LogP contribution in [0.25, 0.3) is 10.9 Å². The first-order valence-corrected chi connectivity index (χ1v) is 7.67. The summed E-state index contributed by atoms with van der Waals surface area (Å²) in [6, 6.07) is 8.38. The number of pyridine rings is 1. The molecule has 0 aliphatic rings. The zero-order valence-electron chi connectivity index (χ0n) is 12.4. The molecule has 3 aromatic rings. The number of phenolic OH excluding ortho intramolecular Hbond substituents is 1. The summed E-state index contributed by atoms with van der Waals surface area (Å²) in [5.41, 5.74) is 1.73. The number of fused-ring (bicyclic) bond motifs is 1. The highest BCUT2D eigenvalue weighted by molar-refractivity contribution is 6.37. The summed E-state index contributed by atoms with van der Waals surface area (Å²) in [6.07, 6.45) is 0. The van der Waals surface area contributed by atoms with Gasteiger partial charge in [-0.1, -0.05) is 23.2 Å². The molecule has 1 amide bonds. The fourth-order valence-corrected chi connectivity index (χ4v) is 2.84. The Morgan fingerprint density at radius 2 is 1.83 bits per heavy atom. The fraction of sp³-hybridized carbons (Fsp3) is 0.0588. The van der Waals surface area contributed by atoms with E-state index in [1.807, 2.05) is 0 Å². The molecule has 2 N–H and O–H groups in total. The summed E-state index contributed by atoms with van der Waals surface area (Å²) in [6.45, 7) is 1.74. The first kappa shape index (κ1) is 16.5. The van der Waals surface area contributed by atoms with Gasteiger partial charge in [-0.05, 0) is 43.3 Å². The lowest BCUT2D eigenvalue weighted by atomic mass is 10.1. The average Bonchev–Trinajstić information content (AvgIpc) is 2.52. The van der Waals surface area contributed by atoms with E-state index in [0.717, 1.165) is 0 Å². The van der Waals surface area contributed by atoms with Crippen molar-refractivity contribution >= 4 is 45.7 Å². The Balaban J connectivity index is 2.04. The van der Waals surface area contributed by atoms with E-state index in [1.54, 1.807) is 13.0 Å². The molecule has 1 aromatic heterocycles. The molecule has 0 spiro atoms. The van der Waals surface area contributed by atoms with Crippen LogP contribution in [0.2, 0.25) is 10.0 Å². The van der Waals surface area contributed by atoms with Gasteiger partial charge in [0.05, 0.1) is 21.1 Å². The maximum absolute atomic E-state index is 13.5. The second-order valence-corrected chi connectivity index (χ2v) is 6.03.